The highest BCUT2D eigenvalue weighted by Gasteiger charge is 2.20. The van der Waals surface area contributed by atoms with Gasteiger partial charge in [0.05, 0.1) is 15.9 Å². The van der Waals surface area contributed by atoms with Gasteiger partial charge in [0.25, 0.3) is 0 Å². The highest BCUT2D eigenvalue weighted by atomic mass is 79.9. The van der Waals surface area contributed by atoms with Gasteiger partial charge < -0.3 is 4.74 Å². The van der Waals surface area contributed by atoms with Crippen LogP contribution in [0.4, 0.5) is 0 Å². The zero-order chi connectivity index (χ0) is 15.8. The Morgan fingerprint density at radius 2 is 1.90 bits per heavy atom. The Bertz CT molecular complexity index is 654. The number of aryl methyl sites for hydroxylation is 3. The van der Waals surface area contributed by atoms with E-state index >= 15 is 0 Å². The number of hydrogen-bond acceptors (Lipinski definition) is 2. The summed E-state index contributed by atoms with van der Waals surface area (Å²) in [4.78, 5) is 0. The summed E-state index contributed by atoms with van der Waals surface area (Å²) < 4.78 is 8.98. The molecule has 0 radical (unpaired) electrons. The average Bonchev–Trinajstić information content (AvgIpc) is 2.61. The Morgan fingerprint density at radius 1 is 1.24 bits per heavy atom. The average molecular weight is 351 g/mol. The first-order chi connectivity index (χ1) is 9.70. The Morgan fingerprint density at radius 3 is 2.43 bits per heavy atom. The van der Waals surface area contributed by atoms with Gasteiger partial charge in [0, 0.05) is 7.05 Å². The van der Waals surface area contributed by atoms with Gasteiger partial charge in [-0.3, -0.25) is 4.68 Å². The van der Waals surface area contributed by atoms with Crippen LogP contribution in [0.3, 0.4) is 0 Å². The van der Waals surface area contributed by atoms with E-state index in [2.05, 4.69) is 66.9 Å². The van der Waals surface area contributed by atoms with E-state index in [1.54, 1.807) is 0 Å². The molecule has 0 amide bonds. The molecule has 3 nitrogen and oxygen atoms in total. The molecule has 1 heterocycles. The largest absolute Gasteiger partial charge is 0.487 e. The molecule has 0 unspecified atom stereocenters. The molecule has 0 saturated carbocycles. The normalized spacial score (nSPS) is 11.8. The molecule has 0 aliphatic carbocycles. The van der Waals surface area contributed by atoms with Crippen LogP contribution in [0.1, 0.15) is 43.3 Å². The van der Waals surface area contributed by atoms with Gasteiger partial charge in [0.2, 0.25) is 0 Å². The van der Waals surface area contributed by atoms with Gasteiger partial charge in [0.15, 0.2) is 0 Å². The van der Waals surface area contributed by atoms with Crippen molar-refractivity contribution in [2.24, 2.45) is 7.05 Å². The lowest BCUT2D eigenvalue weighted by atomic mass is 9.85. The first kappa shape index (κ1) is 16.1. The number of nitrogens with zero attached hydrogens (tertiary/aromatic N) is 2. The van der Waals surface area contributed by atoms with Gasteiger partial charge in [-0.05, 0) is 46.8 Å². The molecule has 0 atom stereocenters. The lowest BCUT2D eigenvalue weighted by Gasteiger charge is -2.23. The van der Waals surface area contributed by atoms with Crippen LogP contribution in [0.5, 0.6) is 5.75 Å². The molecule has 1 aromatic heterocycles. The number of benzene rings is 1. The minimum atomic E-state index is 0.0565. The van der Waals surface area contributed by atoms with E-state index in [0.717, 1.165) is 21.6 Å². The number of halogens is 1. The second kappa shape index (κ2) is 5.84. The van der Waals surface area contributed by atoms with E-state index in [9.17, 15) is 0 Å². The van der Waals surface area contributed by atoms with Gasteiger partial charge in [-0.15, -0.1) is 0 Å². The Kier molecular flexibility index (Phi) is 4.47. The van der Waals surface area contributed by atoms with E-state index in [-0.39, 0.29) is 5.41 Å². The zero-order valence-corrected chi connectivity index (χ0v) is 15.2. The van der Waals surface area contributed by atoms with Crippen molar-refractivity contribution in [1.82, 2.24) is 9.78 Å². The van der Waals surface area contributed by atoms with Crippen LogP contribution in [-0.2, 0) is 19.1 Å². The van der Waals surface area contributed by atoms with E-state index < -0.39 is 0 Å². The molecule has 2 rings (SSSR count). The topological polar surface area (TPSA) is 27.1 Å². The minimum Gasteiger partial charge on any atom is -0.487 e. The minimum absolute atomic E-state index is 0.0565. The Hall–Kier alpha value is -1.29. The predicted molar refractivity (Wildman–Crippen MR) is 89.9 cm³/mol. The van der Waals surface area contributed by atoms with Crippen molar-refractivity contribution in [3.8, 4) is 5.75 Å². The summed E-state index contributed by atoms with van der Waals surface area (Å²) in [5, 5.41) is 4.40. The molecular weight excluding hydrogens is 328 g/mol. The SMILES string of the molecule is Cc1ccc(OCc2c(Br)c(C)nn2C)c(C(C)(C)C)c1. The lowest BCUT2D eigenvalue weighted by Crippen LogP contribution is -2.14. The van der Waals surface area contributed by atoms with Crippen molar-refractivity contribution < 1.29 is 4.74 Å². The van der Waals surface area contributed by atoms with Crippen molar-refractivity contribution in [3.63, 3.8) is 0 Å². The van der Waals surface area contributed by atoms with Crippen molar-refractivity contribution in [3.05, 3.63) is 45.2 Å². The first-order valence-corrected chi connectivity index (χ1v) is 7.91. The van der Waals surface area contributed by atoms with E-state index in [4.69, 9.17) is 4.74 Å². The van der Waals surface area contributed by atoms with Crippen molar-refractivity contribution in [1.29, 1.82) is 0 Å². The smallest absolute Gasteiger partial charge is 0.131 e. The number of hydrogen-bond donors (Lipinski definition) is 0. The molecule has 4 heteroatoms. The lowest BCUT2D eigenvalue weighted by molar-refractivity contribution is 0.286. The van der Waals surface area contributed by atoms with E-state index in [1.165, 1.54) is 11.1 Å². The fourth-order valence-corrected chi connectivity index (χ4v) is 2.79. The summed E-state index contributed by atoms with van der Waals surface area (Å²) in [6.07, 6.45) is 0. The quantitative estimate of drug-likeness (QED) is 0.803. The predicted octanol–water partition coefficient (Wildman–Crippen LogP) is 4.68. The van der Waals surface area contributed by atoms with Gasteiger partial charge in [-0.2, -0.15) is 5.10 Å². The molecule has 114 valence electrons. The molecular formula is C17H23BrN2O. The van der Waals surface area contributed by atoms with Crippen molar-refractivity contribution >= 4 is 15.9 Å². The van der Waals surface area contributed by atoms with E-state index in [1.807, 2.05) is 18.7 Å². The van der Waals surface area contributed by atoms with Crippen LogP contribution in [0, 0.1) is 13.8 Å². The summed E-state index contributed by atoms with van der Waals surface area (Å²) in [7, 11) is 1.94. The highest BCUT2D eigenvalue weighted by Crippen LogP contribution is 2.33. The summed E-state index contributed by atoms with van der Waals surface area (Å²) in [5.41, 5.74) is 4.58. The molecule has 2 aromatic rings. The molecule has 0 aliphatic rings. The molecule has 1 aromatic carbocycles. The first-order valence-electron chi connectivity index (χ1n) is 7.12. The monoisotopic (exact) mass is 350 g/mol. The molecule has 0 spiro atoms. The molecule has 0 saturated heterocycles. The van der Waals surface area contributed by atoms with Crippen LogP contribution in [0.2, 0.25) is 0 Å². The fourth-order valence-electron chi connectivity index (χ4n) is 2.34. The molecule has 0 fully saturated rings. The van der Waals surface area contributed by atoms with Crippen molar-refractivity contribution in [2.45, 2.75) is 46.6 Å². The third kappa shape index (κ3) is 3.49. The second-order valence-corrected chi connectivity index (χ2v) is 7.30. The molecule has 21 heavy (non-hydrogen) atoms. The van der Waals surface area contributed by atoms with Gasteiger partial charge in [0.1, 0.15) is 12.4 Å². The Balaban J connectivity index is 2.28. The van der Waals surface area contributed by atoms with Gasteiger partial charge in [-0.25, -0.2) is 0 Å². The maximum absolute atomic E-state index is 6.09. The van der Waals surface area contributed by atoms with Gasteiger partial charge in [-0.1, -0.05) is 38.5 Å². The molecule has 0 bridgehead atoms. The fraction of sp³-hybridized carbons (Fsp3) is 0.471. The van der Waals surface area contributed by atoms with Crippen LogP contribution in [0.25, 0.3) is 0 Å². The number of ether oxygens (including phenoxy) is 1. The third-order valence-corrected chi connectivity index (χ3v) is 4.60. The number of rotatable bonds is 3. The summed E-state index contributed by atoms with van der Waals surface area (Å²) in [6.45, 7) is 11.2. The second-order valence-electron chi connectivity index (χ2n) is 6.51. The Labute approximate surface area is 135 Å². The highest BCUT2D eigenvalue weighted by molar-refractivity contribution is 9.10. The van der Waals surface area contributed by atoms with Crippen LogP contribution >= 0.6 is 15.9 Å². The van der Waals surface area contributed by atoms with E-state index in [0.29, 0.717) is 6.61 Å². The summed E-state index contributed by atoms with van der Waals surface area (Å²) in [5.74, 6) is 0.943. The molecule has 0 aliphatic heterocycles. The summed E-state index contributed by atoms with van der Waals surface area (Å²) >= 11 is 3.58. The maximum atomic E-state index is 6.09. The zero-order valence-electron chi connectivity index (χ0n) is 13.6. The summed E-state index contributed by atoms with van der Waals surface area (Å²) in [6, 6.07) is 6.36. The maximum Gasteiger partial charge on any atom is 0.131 e. The molecule has 0 N–H and O–H groups in total. The van der Waals surface area contributed by atoms with Crippen LogP contribution < -0.4 is 4.74 Å². The number of aromatic nitrogens is 2. The van der Waals surface area contributed by atoms with Crippen molar-refractivity contribution in [2.75, 3.05) is 0 Å². The van der Waals surface area contributed by atoms with Gasteiger partial charge >= 0.3 is 0 Å². The standard InChI is InChI=1S/C17H23BrN2O/c1-11-7-8-15(13(9-11)17(3,4)5)21-10-14-16(18)12(2)19-20(14)6/h7-9H,10H2,1-6H3. The van der Waals surface area contributed by atoms with Crippen LogP contribution in [-0.4, -0.2) is 9.78 Å². The third-order valence-electron chi connectivity index (χ3n) is 3.57. The van der Waals surface area contributed by atoms with Crippen LogP contribution in [0.15, 0.2) is 22.7 Å².